The van der Waals surface area contributed by atoms with Crippen LogP contribution >= 0.6 is 11.6 Å². The van der Waals surface area contributed by atoms with Gasteiger partial charge in [0, 0.05) is 19.6 Å². The quantitative estimate of drug-likeness (QED) is 0.367. The summed E-state index contributed by atoms with van der Waals surface area (Å²) in [7, 11) is 1.86. The average Bonchev–Trinajstić information content (AvgIpc) is 2.54. The lowest BCUT2D eigenvalue weighted by atomic mass is 10.2. The predicted octanol–water partition coefficient (Wildman–Crippen LogP) is 1.34. The van der Waals surface area contributed by atoms with Crippen LogP contribution in [0.15, 0.2) is 5.16 Å². The molecule has 0 aliphatic rings. The van der Waals surface area contributed by atoms with Gasteiger partial charge in [-0.05, 0) is 20.8 Å². The van der Waals surface area contributed by atoms with Crippen molar-refractivity contribution in [3.63, 3.8) is 0 Å². The van der Waals surface area contributed by atoms with Crippen molar-refractivity contribution in [3.05, 3.63) is 16.4 Å². The van der Waals surface area contributed by atoms with Crippen molar-refractivity contribution in [1.82, 2.24) is 14.7 Å². The zero-order valence-electron chi connectivity index (χ0n) is 11.2. The molecule has 0 fully saturated rings. The fourth-order valence-corrected chi connectivity index (χ4v) is 1.92. The van der Waals surface area contributed by atoms with Gasteiger partial charge in [0.2, 0.25) is 0 Å². The van der Waals surface area contributed by atoms with E-state index in [4.69, 9.17) is 22.5 Å². The third-order valence-corrected chi connectivity index (χ3v) is 3.33. The van der Waals surface area contributed by atoms with Crippen LogP contribution in [0.3, 0.4) is 0 Å². The summed E-state index contributed by atoms with van der Waals surface area (Å²) in [5.41, 5.74) is 7.28. The summed E-state index contributed by atoms with van der Waals surface area (Å²) >= 11 is 6.21. The van der Waals surface area contributed by atoms with Gasteiger partial charge >= 0.3 is 0 Å². The number of amidine groups is 1. The molecule has 0 radical (unpaired) electrons. The van der Waals surface area contributed by atoms with E-state index in [2.05, 4.69) is 15.2 Å². The van der Waals surface area contributed by atoms with Gasteiger partial charge in [0.15, 0.2) is 5.84 Å². The Labute approximate surface area is 112 Å². The molecule has 0 unspecified atom stereocenters. The topological polar surface area (TPSA) is 79.7 Å². The molecule has 0 bridgehead atoms. The minimum absolute atomic E-state index is 0.179. The predicted molar refractivity (Wildman–Crippen MR) is 71.9 cm³/mol. The van der Waals surface area contributed by atoms with Crippen molar-refractivity contribution < 1.29 is 5.21 Å². The third kappa shape index (κ3) is 3.36. The molecule has 18 heavy (non-hydrogen) atoms. The lowest BCUT2D eigenvalue weighted by Gasteiger charge is -2.25. The third-order valence-electron chi connectivity index (χ3n) is 2.84. The second-order valence-corrected chi connectivity index (χ2v) is 4.94. The van der Waals surface area contributed by atoms with Gasteiger partial charge in [-0.1, -0.05) is 16.8 Å². The maximum absolute atomic E-state index is 8.64. The highest BCUT2D eigenvalue weighted by atomic mass is 35.5. The Bertz CT molecular complexity index is 441. The zero-order chi connectivity index (χ0) is 13.9. The van der Waals surface area contributed by atoms with Gasteiger partial charge in [0.1, 0.15) is 0 Å². The summed E-state index contributed by atoms with van der Waals surface area (Å²) in [6.45, 7) is 6.94. The van der Waals surface area contributed by atoms with E-state index in [1.54, 1.807) is 4.68 Å². The Hall–Kier alpha value is -1.27. The number of aromatic nitrogens is 2. The number of hydrogen-bond donors (Lipinski definition) is 2. The SMILES string of the molecule is Cc1nn(C)c(CN(CC(N)=NO)C(C)C)c1Cl. The van der Waals surface area contributed by atoms with E-state index in [-0.39, 0.29) is 11.9 Å². The molecule has 1 rings (SSSR count). The second-order valence-electron chi connectivity index (χ2n) is 4.56. The standard InChI is InChI=1S/C11H20ClN5O/c1-7(2)17(6-10(13)15-18)5-9-11(12)8(3)14-16(9)4/h7,18H,5-6H2,1-4H3,(H2,13,15). The fourth-order valence-electron chi connectivity index (χ4n) is 1.70. The van der Waals surface area contributed by atoms with E-state index < -0.39 is 0 Å². The van der Waals surface area contributed by atoms with Crippen LogP contribution in [0.25, 0.3) is 0 Å². The Morgan fingerprint density at radius 2 is 2.22 bits per heavy atom. The first kappa shape index (κ1) is 14.8. The lowest BCUT2D eigenvalue weighted by molar-refractivity contribution is 0.233. The molecular formula is C11H20ClN5O. The highest BCUT2D eigenvalue weighted by Crippen LogP contribution is 2.21. The van der Waals surface area contributed by atoms with Crippen LogP contribution in [0.2, 0.25) is 5.02 Å². The highest BCUT2D eigenvalue weighted by molar-refractivity contribution is 6.31. The van der Waals surface area contributed by atoms with Gasteiger partial charge in [0.25, 0.3) is 0 Å². The van der Waals surface area contributed by atoms with Gasteiger partial charge in [-0.2, -0.15) is 5.10 Å². The molecule has 1 aromatic rings. The summed E-state index contributed by atoms with van der Waals surface area (Å²) in [5, 5.41) is 16.6. The number of halogens is 1. The van der Waals surface area contributed by atoms with Crippen molar-refractivity contribution in [3.8, 4) is 0 Å². The van der Waals surface area contributed by atoms with Crippen LogP contribution in [0.5, 0.6) is 0 Å². The molecule has 1 heterocycles. The number of oxime groups is 1. The maximum atomic E-state index is 8.64. The lowest BCUT2D eigenvalue weighted by Crippen LogP contribution is -2.38. The summed E-state index contributed by atoms with van der Waals surface area (Å²) in [6, 6.07) is 0.247. The zero-order valence-corrected chi connectivity index (χ0v) is 11.9. The van der Waals surface area contributed by atoms with Crippen LogP contribution in [0.4, 0.5) is 0 Å². The molecule has 0 aliphatic carbocycles. The first-order valence-electron chi connectivity index (χ1n) is 5.75. The van der Waals surface area contributed by atoms with Crippen LogP contribution in [-0.4, -0.2) is 38.3 Å². The smallest absolute Gasteiger partial charge is 0.153 e. The molecule has 0 saturated heterocycles. The fraction of sp³-hybridized carbons (Fsp3) is 0.636. The van der Waals surface area contributed by atoms with Crippen molar-refractivity contribution >= 4 is 17.4 Å². The summed E-state index contributed by atoms with van der Waals surface area (Å²) in [6.07, 6.45) is 0. The van der Waals surface area contributed by atoms with Gasteiger partial charge in [-0.15, -0.1) is 0 Å². The van der Waals surface area contributed by atoms with Gasteiger partial charge < -0.3 is 10.9 Å². The molecule has 1 aromatic heterocycles. The molecular weight excluding hydrogens is 254 g/mol. The van der Waals surface area contributed by atoms with Crippen molar-refractivity contribution in [2.24, 2.45) is 17.9 Å². The van der Waals surface area contributed by atoms with Crippen molar-refractivity contribution in [1.29, 1.82) is 0 Å². The van der Waals surface area contributed by atoms with Crippen molar-refractivity contribution in [2.45, 2.75) is 33.4 Å². The first-order valence-corrected chi connectivity index (χ1v) is 6.13. The Morgan fingerprint density at radius 3 is 2.61 bits per heavy atom. The number of rotatable bonds is 5. The minimum Gasteiger partial charge on any atom is -0.409 e. The van der Waals surface area contributed by atoms with E-state index in [1.165, 1.54) is 0 Å². The van der Waals surface area contributed by atoms with Crippen LogP contribution in [-0.2, 0) is 13.6 Å². The molecule has 0 atom stereocenters. The largest absolute Gasteiger partial charge is 0.409 e. The molecule has 7 heteroatoms. The molecule has 0 spiro atoms. The summed E-state index contributed by atoms with van der Waals surface area (Å²) in [4.78, 5) is 2.05. The number of nitrogens with two attached hydrogens (primary N) is 1. The summed E-state index contributed by atoms with van der Waals surface area (Å²) < 4.78 is 1.76. The minimum atomic E-state index is 0.179. The molecule has 102 valence electrons. The maximum Gasteiger partial charge on any atom is 0.153 e. The summed E-state index contributed by atoms with van der Waals surface area (Å²) in [5.74, 6) is 0.179. The van der Waals surface area contributed by atoms with E-state index in [0.29, 0.717) is 18.1 Å². The number of hydrogen-bond acceptors (Lipinski definition) is 4. The normalized spacial score (nSPS) is 12.7. The van der Waals surface area contributed by atoms with Crippen LogP contribution in [0.1, 0.15) is 25.2 Å². The highest BCUT2D eigenvalue weighted by Gasteiger charge is 2.18. The van der Waals surface area contributed by atoms with Gasteiger partial charge in [0.05, 0.1) is 23.0 Å². The van der Waals surface area contributed by atoms with Crippen LogP contribution < -0.4 is 5.73 Å². The molecule has 6 nitrogen and oxygen atoms in total. The monoisotopic (exact) mass is 273 g/mol. The van der Waals surface area contributed by atoms with E-state index in [0.717, 1.165) is 11.4 Å². The van der Waals surface area contributed by atoms with E-state index in [1.807, 2.05) is 27.8 Å². The number of aryl methyl sites for hydroxylation is 2. The van der Waals surface area contributed by atoms with E-state index in [9.17, 15) is 0 Å². The van der Waals surface area contributed by atoms with Crippen LogP contribution in [0, 0.1) is 6.92 Å². The molecule has 0 saturated carbocycles. The molecule has 0 aliphatic heterocycles. The van der Waals surface area contributed by atoms with Crippen molar-refractivity contribution in [2.75, 3.05) is 6.54 Å². The number of nitrogens with zero attached hydrogens (tertiary/aromatic N) is 4. The average molecular weight is 274 g/mol. The Kier molecular flexibility index (Phi) is 4.98. The Morgan fingerprint density at radius 1 is 1.61 bits per heavy atom. The van der Waals surface area contributed by atoms with Gasteiger partial charge in [-0.3, -0.25) is 9.58 Å². The molecule has 3 N–H and O–H groups in total. The first-order chi connectivity index (χ1) is 8.36. The van der Waals surface area contributed by atoms with E-state index >= 15 is 0 Å². The molecule has 0 amide bonds. The Balaban J connectivity index is 2.90. The van der Waals surface area contributed by atoms with Gasteiger partial charge in [-0.25, -0.2) is 0 Å². The second kappa shape index (κ2) is 6.06. The molecule has 0 aromatic carbocycles.